The van der Waals surface area contributed by atoms with Crippen molar-refractivity contribution in [2.24, 2.45) is 0 Å². The molecule has 2 N–H and O–H groups in total. The van der Waals surface area contributed by atoms with Gasteiger partial charge in [0.1, 0.15) is 0 Å². The molecule has 2 unspecified atom stereocenters. The molecule has 0 heterocycles. The Morgan fingerprint density at radius 2 is 2.06 bits per heavy atom. The zero-order valence-electron chi connectivity index (χ0n) is 9.89. The third-order valence-electron chi connectivity index (χ3n) is 3.32. The van der Waals surface area contributed by atoms with Gasteiger partial charge in [-0.2, -0.15) is 5.26 Å². The molecular formula is C14H18N2O. The molecule has 1 aromatic carbocycles. The van der Waals surface area contributed by atoms with Crippen LogP contribution in [0.2, 0.25) is 0 Å². The van der Waals surface area contributed by atoms with Crippen molar-refractivity contribution in [3.63, 3.8) is 0 Å². The summed E-state index contributed by atoms with van der Waals surface area (Å²) in [5, 5.41) is 21.7. The molecule has 2 rings (SSSR count). The van der Waals surface area contributed by atoms with E-state index in [0.717, 1.165) is 32.2 Å². The van der Waals surface area contributed by atoms with E-state index in [1.807, 2.05) is 24.3 Å². The fourth-order valence-corrected chi connectivity index (χ4v) is 2.31. The van der Waals surface area contributed by atoms with Crippen LogP contribution in [0, 0.1) is 11.3 Å². The number of nitriles is 1. The predicted molar refractivity (Wildman–Crippen MR) is 66.3 cm³/mol. The number of hydrogen-bond acceptors (Lipinski definition) is 3. The average molecular weight is 230 g/mol. The summed E-state index contributed by atoms with van der Waals surface area (Å²) in [6.07, 6.45) is 3.91. The molecule has 2 atom stereocenters. The maximum atomic E-state index is 9.57. The fraction of sp³-hybridized carbons (Fsp3) is 0.500. The first-order chi connectivity index (χ1) is 8.28. The van der Waals surface area contributed by atoms with Gasteiger partial charge in [0.15, 0.2) is 0 Å². The SMILES string of the molecule is N#Cc1ccc(CNC2CCCC(O)C2)cc1. The van der Waals surface area contributed by atoms with E-state index in [-0.39, 0.29) is 6.10 Å². The third kappa shape index (κ3) is 3.55. The molecule has 0 aromatic heterocycles. The summed E-state index contributed by atoms with van der Waals surface area (Å²) in [5.41, 5.74) is 1.88. The van der Waals surface area contributed by atoms with Crippen LogP contribution in [-0.2, 0) is 6.54 Å². The molecule has 1 aliphatic rings. The summed E-state index contributed by atoms with van der Waals surface area (Å²) in [4.78, 5) is 0. The zero-order chi connectivity index (χ0) is 12.1. The van der Waals surface area contributed by atoms with Gasteiger partial charge in [-0.15, -0.1) is 0 Å². The Labute approximate surface area is 102 Å². The minimum absolute atomic E-state index is 0.137. The fourth-order valence-electron chi connectivity index (χ4n) is 2.31. The summed E-state index contributed by atoms with van der Waals surface area (Å²) in [7, 11) is 0. The van der Waals surface area contributed by atoms with Gasteiger partial charge >= 0.3 is 0 Å². The maximum Gasteiger partial charge on any atom is 0.0991 e. The lowest BCUT2D eigenvalue weighted by Crippen LogP contribution is -2.35. The summed E-state index contributed by atoms with van der Waals surface area (Å²) in [6, 6.07) is 10.2. The average Bonchev–Trinajstić information content (AvgIpc) is 2.37. The van der Waals surface area contributed by atoms with Crippen molar-refractivity contribution in [2.45, 2.75) is 44.4 Å². The molecule has 0 amide bonds. The first-order valence-electron chi connectivity index (χ1n) is 6.18. The molecule has 1 saturated carbocycles. The summed E-state index contributed by atoms with van der Waals surface area (Å²) >= 11 is 0. The van der Waals surface area contributed by atoms with E-state index in [1.54, 1.807) is 0 Å². The summed E-state index contributed by atoms with van der Waals surface area (Å²) < 4.78 is 0. The van der Waals surface area contributed by atoms with Crippen LogP contribution in [-0.4, -0.2) is 17.3 Å². The number of aliphatic hydroxyl groups is 1. The smallest absolute Gasteiger partial charge is 0.0991 e. The number of nitrogens with one attached hydrogen (secondary N) is 1. The van der Waals surface area contributed by atoms with Crippen LogP contribution in [0.4, 0.5) is 0 Å². The van der Waals surface area contributed by atoms with Gasteiger partial charge in [0.05, 0.1) is 17.7 Å². The molecule has 0 bridgehead atoms. The monoisotopic (exact) mass is 230 g/mol. The minimum atomic E-state index is -0.137. The second kappa shape index (κ2) is 5.81. The molecule has 1 fully saturated rings. The van der Waals surface area contributed by atoms with Crippen molar-refractivity contribution in [1.29, 1.82) is 5.26 Å². The molecule has 17 heavy (non-hydrogen) atoms. The standard InChI is InChI=1S/C14H18N2O/c15-9-11-4-6-12(7-5-11)10-16-13-2-1-3-14(17)8-13/h4-7,13-14,16-17H,1-3,8,10H2. The lowest BCUT2D eigenvalue weighted by molar-refractivity contribution is 0.111. The second-order valence-electron chi connectivity index (χ2n) is 4.71. The Balaban J connectivity index is 1.83. The Kier molecular flexibility index (Phi) is 4.13. The molecule has 0 saturated heterocycles. The molecule has 3 nitrogen and oxygen atoms in total. The molecular weight excluding hydrogens is 212 g/mol. The topological polar surface area (TPSA) is 56.0 Å². The van der Waals surface area contributed by atoms with Gasteiger partial charge in [-0.25, -0.2) is 0 Å². The molecule has 0 radical (unpaired) electrons. The van der Waals surface area contributed by atoms with E-state index in [4.69, 9.17) is 5.26 Å². The van der Waals surface area contributed by atoms with Gasteiger partial charge in [-0.1, -0.05) is 12.1 Å². The highest BCUT2D eigenvalue weighted by atomic mass is 16.3. The van der Waals surface area contributed by atoms with Crippen molar-refractivity contribution >= 4 is 0 Å². The van der Waals surface area contributed by atoms with Crippen molar-refractivity contribution < 1.29 is 5.11 Å². The normalized spacial score (nSPS) is 24.2. The second-order valence-corrected chi connectivity index (χ2v) is 4.71. The molecule has 3 heteroatoms. The van der Waals surface area contributed by atoms with Gasteiger partial charge in [0.25, 0.3) is 0 Å². The van der Waals surface area contributed by atoms with Crippen LogP contribution in [0.5, 0.6) is 0 Å². The summed E-state index contributed by atoms with van der Waals surface area (Å²) in [5.74, 6) is 0. The van der Waals surface area contributed by atoms with Gasteiger partial charge < -0.3 is 10.4 Å². The minimum Gasteiger partial charge on any atom is -0.393 e. The Morgan fingerprint density at radius 3 is 2.71 bits per heavy atom. The quantitative estimate of drug-likeness (QED) is 0.834. The predicted octanol–water partition coefficient (Wildman–Crippen LogP) is 1.95. The lowest BCUT2D eigenvalue weighted by Gasteiger charge is -2.26. The van der Waals surface area contributed by atoms with Crippen molar-refractivity contribution in [1.82, 2.24) is 5.32 Å². The largest absolute Gasteiger partial charge is 0.393 e. The highest BCUT2D eigenvalue weighted by Crippen LogP contribution is 2.18. The molecule has 90 valence electrons. The van der Waals surface area contributed by atoms with Gasteiger partial charge in [-0.3, -0.25) is 0 Å². The Bertz CT molecular complexity index is 394. The van der Waals surface area contributed by atoms with Crippen LogP contribution >= 0.6 is 0 Å². The van der Waals surface area contributed by atoms with E-state index >= 15 is 0 Å². The molecule has 0 spiro atoms. The third-order valence-corrected chi connectivity index (χ3v) is 3.32. The highest BCUT2D eigenvalue weighted by molar-refractivity contribution is 5.31. The van der Waals surface area contributed by atoms with Crippen LogP contribution in [0.25, 0.3) is 0 Å². The van der Waals surface area contributed by atoms with E-state index < -0.39 is 0 Å². The number of nitrogens with zero attached hydrogens (tertiary/aromatic N) is 1. The number of rotatable bonds is 3. The highest BCUT2D eigenvalue weighted by Gasteiger charge is 2.19. The van der Waals surface area contributed by atoms with Gasteiger partial charge in [0.2, 0.25) is 0 Å². The van der Waals surface area contributed by atoms with Crippen LogP contribution in [0.15, 0.2) is 24.3 Å². The van der Waals surface area contributed by atoms with Crippen molar-refractivity contribution in [3.8, 4) is 6.07 Å². The zero-order valence-corrected chi connectivity index (χ0v) is 9.89. The lowest BCUT2D eigenvalue weighted by atomic mass is 9.93. The molecule has 1 aliphatic carbocycles. The first-order valence-corrected chi connectivity index (χ1v) is 6.18. The molecule has 1 aromatic rings. The van der Waals surface area contributed by atoms with Crippen LogP contribution in [0.3, 0.4) is 0 Å². The van der Waals surface area contributed by atoms with Crippen LogP contribution in [0.1, 0.15) is 36.8 Å². The van der Waals surface area contributed by atoms with Crippen molar-refractivity contribution in [3.05, 3.63) is 35.4 Å². The van der Waals surface area contributed by atoms with Gasteiger partial charge in [0, 0.05) is 12.6 Å². The van der Waals surface area contributed by atoms with E-state index in [2.05, 4.69) is 11.4 Å². The first kappa shape index (κ1) is 12.1. The van der Waals surface area contributed by atoms with Crippen molar-refractivity contribution in [2.75, 3.05) is 0 Å². The van der Waals surface area contributed by atoms with E-state index in [0.29, 0.717) is 11.6 Å². The summed E-state index contributed by atoms with van der Waals surface area (Å²) in [6.45, 7) is 0.809. The Morgan fingerprint density at radius 1 is 1.29 bits per heavy atom. The maximum absolute atomic E-state index is 9.57. The van der Waals surface area contributed by atoms with Crippen LogP contribution < -0.4 is 5.32 Å². The molecule has 0 aliphatic heterocycles. The van der Waals surface area contributed by atoms with E-state index in [1.165, 1.54) is 5.56 Å². The Hall–Kier alpha value is -1.37. The van der Waals surface area contributed by atoms with Gasteiger partial charge in [-0.05, 0) is 43.4 Å². The van der Waals surface area contributed by atoms with E-state index in [9.17, 15) is 5.11 Å². The number of hydrogen-bond donors (Lipinski definition) is 2. The number of benzene rings is 1. The number of aliphatic hydroxyl groups excluding tert-OH is 1.